The lowest BCUT2D eigenvalue weighted by Gasteiger charge is -2.07. The molecule has 4 nitrogen and oxygen atoms in total. The first-order valence-corrected chi connectivity index (χ1v) is 6.44. The molecule has 1 aromatic carbocycles. The fraction of sp³-hybridized carbons (Fsp3) is 0.273. The standard InChI is InChI=1S/C11H15NO3S/c1-10(9-13)12-16(14,15)8-7-11-5-3-2-4-6-11/h2-8,10,12-13H,9H2,1H3/t10-/m0/s1. The lowest BCUT2D eigenvalue weighted by atomic mass is 10.2. The van der Waals surface area contributed by atoms with Crippen LogP contribution in [0.25, 0.3) is 6.08 Å². The maximum absolute atomic E-state index is 11.5. The van der Waals surface area contributed by atoms with Gasteiger partial charge < -0.3 is 5.11 Å². The van der Waals surface area contributed by atoms with Crippen LogP contribution in [0.1, 0.15) is 12.5 Å². The summed E-state index contributed by atoms with van der Waals surface area (Å²) in [6.45, 7) is 1.37. The van der Waals surface area contributed by atoms with Crippen molar-refractivity contribution in [2.45, 2.75) is 13.0 Å². The lowest BCUT2D eigenvalue weighted by Crippen LogP contribution is -2.33. The second kappa shape index (κ2) is 5.79. The monoisotopic (exact) mass is 241 g/mol. The molecule has 1 aromatic rings. The highest BCUT2D eigenvalue weighted by Gasteiger charge is 2.09. The molecule has 0 unspecified atom stereocenters. The van der Waals surface area contributed by atoms with Crippen LogP contribution < -0.4 is 4.72 Å². The Morgan fingerprint density at radius 2 is 2.00 bits per heavy atom. The summed E-state index contributed by atoms with van der Waals surface area (Å²) in [5, 5.41) is 9.82. The van der Waals surface area contributed by atoms with Gasteiger partial charge in [-0.2, -0.15) is 0 Å². The highest BCUT2D eigenvalue weighted by molar-refractivity contribution is 7.92. The SMILES string of the molecule is C[C@@H](CO)NS(=O)(=O)C=Cc1ccccc1. The average molecular weight is 241 g/mol. The van der Waals surface area contributed by atoms with Crippen molar-refractivity contribution in [2.75, 3.05) is 6.61 Å². The molecule has 0 radical (unpaired) electrons. The Labute approximate surface area is 95.7 Å². The van der Waals surface area contributed by atoms with Crippen LogP contribution in [-0.4, -0.2) is 26.2 Å². The first-order chi connectivity index (χ1) is 7.53. The molecule has 0 aromatic heterocycles. The number of sulfonamides is 1. The molecule has 2 N–H and O–H groups in total. The van der Waals surface area contributed by atoms with Crippen LogP contribution in [0.4, 0.5) is 0 Å². The Balaban J connectivity index is 2.70. The first kappa shape index (κ1) is 12.9. The van der Waals surface area contributed by atoms with Crippen molar-refractivity contribution in [1.29, 1.82) is 0 Å². The third kappa shape index (κ3) is 4.57. The second-order valence-corrected chi connectivity index (χ2v) is 5.06. The Bertz CT molecular complexity index is 440. The highest BCUT2D eigenvalue weighted by Crippen LogP contribution is 2.02. The average Bonchev–Trinajstić information content (AvgIpc) is 2.27. The molecule has 0 aliphatic rings. The number of benzene rings is 1. The Morgan fingerprint density at radius 1 is 1.38 bits per heavy atom. The number of rotatable bonds is 5. The number of hydrogen-bond acceptors (Lipinski definition) is 3. The predicted molar refractivity (Wildman–Crippen MR) is 64.1 cm³/mol. The molecular weight excluding hydrogens is 226 g/mol. The van der Waals surface area contributed by atoms with Gasteiger partial charge in [-0.3, -0.25) is 0 Å². The van der Waals surface area contributed by atoms with Gasteiger partial charge in [0.05, 0.1) is 6.61 Å². The molecule has 5 heteroatoms. The summed E-state index contributed by atoms with van der Waals surface area (Å²) in [5.74, 6) is 0. The molecule has 0 aliphatic heterocycles. The van der Waals surface area contributed by atoms with E-state index in [0.29, 0.717) is 0 Å². The second-order valence-electron chi connectivity index (χ2n) is 3.46. The van der Waals surface area contributed by atoms with Crippen LogP contribution in [0.2, 0.25) is 0 Å². The molecule has 88 valence electrons. The highest BCUT2D eigenvalue weighted by atomic mass is 32.2. The molecule has 0 saturated carbocycles. The van der Waals surface area contributed by atoms with Gasteiger partial charge in [0.1, 0.15) is 0 Å². The lowest BCUT2D eigenvalue weighted by molar-refractivity contribution is 0.265. The number of nitrogens with one attached hydrogen (secondary N) is 1. The third-order valence-corrected chi connectivity index (χ3v) is 3.10. The van der Waals surface area contributed by atoms with Crippen molar-refractivity contribution in [3.8, 4) is 0 Å². The largest absolute Gasteiger partial charge is 0.395 e. The fourth-order valence-corrected chi connectivity index (χ4v) is 2.14. The maximum atomic E-state index is 11.5. The van der Waals surface area contributed by atoms with E-state index in [1.54, 1.807) is 6.92 Å². The van der Waals surface area contributed by atoms with Crippen LogP contribution in [0.15, 0.2) is 35.7 Å². The van der Waals surface area contributed by atoms with Gasteiger partial charge in [0.15, 0.2) is 0 Å². The van der Waals surface area contributed by atoms with Crippen LogP contribution in [0.3, 0.4) is 0 Å². The molecule has 1 atom stereocenters. The third-order valence-electron chi connectivity index (χ3n) is 1.88. The number of aliphatic hydroxyl groups excluding tert-OH is 1. The Morgan fingerprint density at radius 3 is 2.56 bits per heavy atom. The minimum atomic E-state index is -3.48. The van der Waals surface area contributed by atoms with Crippen LogP contribution in [0, 0.1) is 0 Å². The fourth-order valence-electron chi connectivity index (χ4n) is 1.09. The zero-order chi connectivity index (χ0) is 12.0. The summed E-state index contributed by atoms with van der Waals surface area (Å²) in [6, 6.07) is 8.65. The molecule has 0 heterocycles. The van der Waals surface area contributed by atoms with Gasteiger partial charge in [0.2, 0.25) is 10.0 Å². The van der Waals surface area contributed by atoms with E-state index in [1.165, 1.54) is 6.08 Å². The van der Waals surface area contributed by atoms with E-state index >= 15 is 0 Å². The summed E-state index contributed by atoms with van der Waals surface area (Å²) in [7, 11) is -3.48. The van der Waals surface area contributed by atoms with Crippen LogP contribution in [0.5, 0.6) is 0 Å². The first-order valence-electron chi connectivity index (χ1n) is 4.90. The zero-order valence-corrected chi connectivity index (χ0v) is 9.81. The molecule has 0 aliphatic carbocycles. The van der Waals surface area contributed by atoms with E-state index in [9.17, 15) is 8.42 Å². The summed E-state index contributed by atoms with van der Waals surface area (Å²) in [4.78, 5) is 0. The van der Waals surface area contributed by atoms with Crippen LogP contribution >= 0.6 is 0 Å². The molecule has 0 fully saturated rings. The minimum absolute atomic E-state index is 0.224. The molecule has 0 spiro atoms. The van der Waals surface area contributed by atoms with Crippen molar-refractivity contribution < 1.29 is 13.5 Å². The topological polar surface area (TPSA) is 66.4 Å². The van der Waals surface area contributed by atoms with Crippen molar-refractivity contribution >= 4 is 16.1 Å². The normalized spacial score (nSPS) is 14.1. The van der Waals surface area contributed by atoms with E-state index in [0.717, 1.165) is 11.0 Å². The summed E-state index contributed by atoms with van der Waals surface area (Å²) < 4.78 is 25.2. The maximum Gasteiger partial charge on any atom is 0.234 e. The van der Waals surface area contributed by atoms with Crippen LogP contribution in [-0.2, 0) is 10.0 Å². The van der Waals surface area contributed by atoms with Gasteiger partial charge in [-0.25, -0.2) is 13.1 Å². The van der Waals surface area contributed by atoms with Crippen molar-refractivity contribution in [2.24, 2.45) is 0 Å². The van der Waals surface area contributed by atoms with Gasteiger partial charge in [-0.1, -0.05) is 30.3 Å². The molecular formula is C11H15NO3S. The zero-order valence-electron chi connectivity index (χ0n) is 9.00. The van der Waals surface area contributed by atoms with E-state index in [-0.39, 0.29) is 6.61 Å². The number of hydrogen-bond donors (Lipinski definition) is 2. The van der Waals surface area contributed by atoms with E-state index in [1.807, 2.05) is 30.3 Å². The summed E-state index contributed by atoms with van der Waals surface area (Å²) in [6.07, 6.45) is 1.51. The number of aliphatic hydroxyl groups is 1. The van der Waals surface area contributed by atoms with Gasteiger partial charge in [-0.15, -0.1) is 0 Å². The molecule has 1 rings (SSSR count). The smallest absolute Gasteiger partial charge is 0.234 e. The summed E-state index contributed by atoms with van der Waals surface area (Å²) >= 11 is 0. The van der Waals surface area contributed by atoms with Gasteiger partial charge in [-0.05, 0) is 18.6 Å². The minimum Gasteiger partial charge on any atom is -0.395 e. The van der Waals surface area contributed by atoms with Crippen molar-refractivity contribution in [1.82, 2.24) is 4.72 Å². The summed E-state index contributed by atoms with van der Waals surface area (Å²) in [5.41, 5.74) is 0.810. The van der Waals surface area contributed by atoms with Gasteiger partial charge in [0.25, 0.3) is 0 Å². The Hall–Kier alpha value is -1.17. The van der Waals surface area contributed by atoms with E-state index < -0.39 is 16.1 Å². The molecule has 0 saturated heterocycles. The van der Waals surface area contributed by atoms with E-state index in [2.05, 4.69) is 4.72 Å². The quantitative estimate of drug-likeness (QED) is 0.807. The Kier molecular flexibility index (Phi) is 4.67. The van der Waals surface area contributed by atoms with Crippen molar-refractivity contribution in [3.63, 3.8) is 0 Å². The van der Waals surface area contributed by atoms with Crippen molar-refractivity contribution in [3.05, 3.63) is 41.3 Å². The van der Waals surface area contributed by atoms with E-state index in [4.69, 9.17) is 5.11 Å². The van der Waals surface area contributed by atoms with Gasteiger partial charge >= 0.3 is 0 Å². The molecule has 0 amide bonds. The van der Waals surface area contributed by atoms with Gasteiger partial charge in [0, 0.05) is 11.4 Å². The molecule has 16 heavy (non-hydrogen) atoms. The molecule has 0 bridgehead atoms. The predicted octanol–water partition coefficient (Wildman–Crippen LogP) is 0.958.